The molecule has 3 aromatic rings. The van der Waals surface area contributed by atoms with Crippen molar-refractivity contribution in [2.75, 3.05) is 25.0 Å². The number of carbonyl (C=O) groups excluding carboxylic acids is 1. The van der Waals surface area contributed by atoms with E-state index in [4.69, 9.17) is 4.74 Å². The largest absolute Gasteiger partial charge is 0.492 e. The molecule has 0 aliphatic carbocycles. The van der Waals surface area contributed by atoms with Crippen LogP contribution in [0.15, 0.2) is 41.3 Å². The van der Waals surface area contributed by atoms with Crippen molar-refractivity contribution in [2.45, 2.75) is 51.9 Å². The van der Waals surface area contributed by atoms with E-state index in [1.807, 2.05) is 32.0 Å². The molecule has 2 aromatic carbocycles. The first-order valence-electron chi connectivity index (χ1n) is 11.8. The van der Waals surface area contributed by atoms with Crippen LogP contribution in [0.3, 0.4) is 0 Å². The van der Waals surface area contributed by atoms with Gasteiger partial charge in [0.15, 0.2) is 5.69 Å². The molecular formula is C25H31N5O4S. The summed E-state index contributed by atoms with van der Waals surface area (Å²) < 4.78 is 33.8. The molecule has 0 unspecified atom stereocenters. The number of hydrogen-bond donors (Lipinski definition) is 1. The number of rotatable bonds is 7. The normalized spacial score (nSPS) is 14.6. The number of aryl methyl sites for hydroxylation is 3. The summed E-state index contributed by atoms with van der Waals surface area (Å²) >= 11 is 0. The van der Waals surface area contributed by atoms with Gasteiger partial charge in [-0.3, -0.25) is 4.79 Å². The highest BCUT2D eigenvalue weighted by atomic mass is 32.2. The molecule has 0 saturated carbocycles. The maximum atomic E-state index is 13.4. The second-order valence-corrected chi connectivity index (χ2v) is 10.6. The van der Waals surface area contributed by atoms with Crippen molar-refractivity contribution < 1.29 is 17.9 Å². The minimum Gasteiger partial charge on any atom is -0.492 e. The molecule has 1 fully saturated rings. The number of nitrogens with zero attached hydrogens (tertiary/aromatic N) is 4. The maximum absolute atomic E-state index is 13.4. The molecule has 9 nitrogen and oxygen atoms in total. The summed E-state index contributed by atoms with van der Waals surface area (Å²) in [6, 6.07) is 10.6. The van der Waals surface area contributed by atoms with E-state index in [0.29, 0.717) is 31.1 Å². The van der Waals surface area contributed by atoms with Crippen LogP contribution in [0.2, 0.25) is 0 Å². The van der Waals surface area contributed by atoms with Gasteiger partial charge >= 0.3 is 0 Å². The summed E-state index contributed by atoms with van der Waals surface area (Å²) in [6.45, 7) is 8.77. The molecule has 0 bridgehead atoms. The lowest BCUT2D eigenvalue weighted by Gasteiger charge is -2.27. The van der Waals surface area contributed by atoms with Crippen LogP contribution in [-0.2, 0) is 10.0 Å². The molecule has 1 aliphatic heterocycles. The number of amides is 1. The van der Waals surface area contributed by atoms with Crippen molar-refractivity contribution in [1.29, 1.82) is 0 Å². The Morgan fingerprint density at radius 1 is 1.03 bits per heavy atom. The summed E-state index contributed by atoms with van der Waals surface area (Å²) in [5, 5.41) is 11.6. The zero-order valence-electron chi connectivity index (χ0n) is 20.5. The van der Waals surface area contributed by atoms with Crippen LogP contribution in [0.25, 0.3) is 5.69 Å². The van der Waals surface area contributed by atoms with E-state index < -0.39 is 15.9 Å². The van der Waals surface area contributed by atoms with Gasteiger partial charge < -0.3 is 10.1 Å². The molecule has 0 atom stereocenters. The zero-order valence-corrected chi connectivity index (χ0v) is 21.4. The average Bonchev–Trinajstić information content (AvgIpc) is 3.22. The molecule has 4 rings (SSSR count). The second-order valence-electron chi connectivity index (χ2n) is 8.73. The van der Waals surface area contributed by atoms with Gasteiger partial charge in [0, 0.05) is 18.8 Å². The van der Waals surface area contributed by atoms with Crippen LogP contribution in [0, 0.1) is 20.8 Å². The third kappa shape index (κ3) is 5.23. The van der Waals surface area contributed by atoms with E-state index in [9.17, 15) is 13.2 Å². The van der Waals surface area contributed by atoms with Crippen LogP contribution < -0.4 is 10.1 Å². The molecular weight excluding hydrogens is 466 g/mol. The van der Waals surface area contributed by atoms with Crippen molar-refractivity contribution in [3.63, 3.8) is 0 Å². The number of carbonyl (C=O) groups is 1. The number of anilines is 1. The van der Waals surface area contributed by atoms with Crippen LogP contribution in [-0.4, -0.2) is 53.3 Å². The van der Waals surface area contributed by atoms with Crippen LogP contribution in [0.1, 0.15) is 53.5 Å². The Kier molecular flexibility index (Phi) is 7.23. The smallest absolute Gasteiger partial charge is 0.278 e. The van der Waals surface area contributed by atoms with Crippen molar-refractivity contribution in [2.24, 2.45) is 0 Å². The van der Waals surface area contributed by atoms with Gasteiger partial charge in [-0.1, -0.05) is 24.1 Å². The molecule has 35 heavy (non-hydrogen) atoms. The SMILES string of the molecule is CCOc1ccc(NC(=O)c2nn(-c3ccc(C)cc3C)nc2C)cc1S(=O)(=O)N1CCCCC1. The Bertz CT molecular complexity index is 1340. The first-order valence-corrected chi connectivity index (χ1v) is 13.2. The quantitative estimate of drug-likeness (QED) is 0.528. The van der Waals surface area contributed by atoms with Crippen molar-refractivity contribution in [3.8, 4) is 11.4 Å². The molecule has 186 valence electrons. The topological polar surface area (TPSA) is 106 Å². The average molecular weight is 498 g/mol. The summed E-state index contributed by atoms with van der Waals surface area (Å²) in [5.74, 6) is -0.197. The van der Waals surface area contributed by atoms with Gasteiger partial charge in [-0.2, -0.15) is 14.2 Å². The standard InChI is InChI=1S/C25H31N5O4S/c1-5-34-22-12-10-20(16-23(22)35(32,33)29-13-7-6-8-14-29)26-25(31)24-19(4)27-30(28-24)21-11-9-17(2)15-18(21)3/h9-12,15-16H,5-8,13-14H2,1-4H3,(H,26,31). The fourth-order valence-electron chi connectivity index (χ4n) is 4.22. The molecule has 1 amide bonds. The van der Waals surface area contributed by atoms with Gasteiger partial charge in [-0.05, 0) is 70.4 Å². The lowest BCUT2D eigenvalue weighted by molar-refractivity contribution is 0.102. The lowest BCUT2D eigenvalue weighted by Crippen LogP contribution is -2.35. The van der Waals surface area contributed by atoms with Gasteiger partial charge in [0.25, 0.3) is 5.91 Å². The van der Waals surface area contributed by atoms with Gasteiger partial charge in [0.05, 0.1) is 18.0 Å². The van der Waals surface area contributed by atoms with Crippen molar-refractivity contribution >= 4 is 21.6 Å². The Labute approximate surface area is 206 Å². The van der Waals surface area contributed by atoms with E-state index in [1.54, 1.807) is 26.0 Å². The Hall–Kier alpha value is -3.24. The fraction of sp³-hybridized carbons (Fsp3) is 0.400. The predicted molar refractivity (Wildman–Crippen MR) is 134 cm³/mol. The zero-order chi connectivity index (χ0) is 25.2. The number of hydrogen-bond acceptors (Lipinski definition) is 6. The van der Waals surface area contributed by atoms with Crippen LogP contribution in [0.5, 0.6) is 5.75 Å². The summed E-state index contributed by atoms with van der Waals surface area (Å²) in [7, 11) is -3.76. The summed E-state index contributed by atoms with van der Waals surface area (Å²) in [4.78, 5) is 14.6. The van der Waals surface area contributed by atoms with Gasteiger partial charge in [0.1, 0.15) is 10.6 Å². The van der Waals surface area contributed by atoms with Crippen LogP contribution in [0.4, 0.5) is 5.69 Å². The van der Waals surface area contributed by atoms with Crippen molar-refractivity contribution in [3.05, 3.63) is 58.9 Å². The number of piperidine rings is 1. The Morgan fingerprint density at radius 2 is 1.77 bits per heavy atom. The first kappa shape index (κ1) is 24.9. The van der Waals surface area contributed by atoms with Gasteiger partial charge in [0.2, 0.25) is 10.0 Å². The minimum absolute atomic E-state index is 0.0507. The fourth-order valence-corrected chi connectivity index (χ4v) is 5.90. The van der Waals surface area contributed by atoms with Gasteiger partial charge in [-0.15, -0.1) is 5.10 Å². The second kappa shape index (κ2) is 10.2. The third-order valence-corrected chi connectivity index (χ3v) is 7.92. The summed E-state index contributed by atoms with van der Waals surface area (Å²) in [5.41, 5.74) is 3.88. The maximum Gasteiger partial charge on any atom is 0.278 e. The number of sulfonamides is 1. The molecule has 1 aromatic heterocycles. The van der Waals surface area contributed by atoms with E-state index in [2.05, 4.69) is 15.5 Å². The molecule has 0 spiro atoms. The highest BCUT2D eigenvalue weighted by Crippen LogP contribution is 2.31. The summed E-state index contributed by atoms with van der Waals surface area (Å²) in [6.07, 6.45) is 2.67. The van der Waals surface area contributed by atoms with E-state index >= 15 is 0 Å². The highest BCUT2D eigenvalue weighted by Gasteiger charge is 2.29. The molecule has 1 N–H and O–H groups in total. The third-order valence-electron chi connectivity index (χ3n) is 6.00. The predicted octanol–water partition coefficient (Wildman–Crippen LogP) is 4.02. The molecule has 0 radical (unpaired) electrons. The minimum atomic E-state index is -3.76. The van der Waals surface area contributed by atoms with E-state index in [1.165, 1.54) is 15.2 Å². The number of ether oxygens (including phenoxy) is 1. The van der Waals surface area contributed by atoms with E-state index in [-0.39, 0.29) is 16.3 Å². The van der Waals surface area contributed by atoms with E-state index in [0.717, 1.165) is 36.1 Å². The monoisotopic (exact) mass is 497 g/mol. The van der Waals surface area contributed by atoms with Crippen LogP contribution >= 0.6 is 0 Å². The highest BCUT2D eigenvalue weighted by molar-refractivity contribution is 7.89. The Balaban J connectivity index is 1.62. The number of benzene rings is 2. The Morgan fingerprint density at radius 3 is 2.46 bits per heavy atom. The molecule has 1 aliphatic rings. The van der Waals surface area contributed by atoms with Gasteiger partial charge in [-0.25, -0.2) is 8.42 Å². The number of nitrogens with one attached hydrogen (secondary N) is 1. The molecule has 2 heterocycles. The lowest BCUT2D eigenvalue weighted by atomic mass is 10.1. The molecule has 10 heteroatoms. The van der Waals surface area contributed by atoms with Crippen molar-refractivity contribution in [1.82, 2.24) is 19.3 Å². The number of aromatic nitrogens is 3. The first-order chi connectivity index (χ1) is 16.7. The molecule has 1 saturated heterocycles.